The molecule has 0 aliphatic carbocycles. The first-order chi connectivity index (χ1) is 6.67. The van der Waals surface area contributed by atoms with Crippen LogP contribution < -0.4 is 5.32 Å². The summed E-state index contributed by atoms with van der Waals surface area (Å²) in [7, 11) is -0.205. The summed E-state index contributed by atoms with van der Waals surface area (Å²) in [6.45, 7) is 8.23. The first-order valence-corrected chi connectivity index (χ1v) is 7.29. The Balaban J connectivity index is 3.01. The van der Waals surface area contributed by atoms with E-state index in [1.54, 1.807) is 11.8 Å². The molecule has 90 valence electrons. The van der Waals surface area contributed by atoms with Crippen LogP contribution in [0.4, 0.5) is 0 Å². The largest absolute Gasteiger partial charge is 0.348 e. The van der Waals surface area contributed by atoms with E-state index in [2.05, 4.69) is 33.0 Å². The Labute approximate surface area is 96.0 Å². The molecule has 0 amide bonds. The van der Waals surface area contributed by atoms with E-state index in [1.165, 1.54) is 14.2 Å². The fraction of sp³-hybridized carbons (Fsp3) is 1.00. The number of hydrogen-bond acceptors (Lipinski definition) is 5. The normalized spacial score (nSPS) is 29.3. The van der Waals surface area contributed by atoms with Crippen LogP contribution in [0.1, 0.15) is 27.7 Å². The second-order valence-electron chi connectivity index (χ2n) is 4.67. The zero-order valence-corrected chi connectivity index (χ0v) is 11.9. The maximum Gasteiger partial charge on any atom is 0.348 e. The van der Waals surface area contributed by atoms with Gasteiger partial charge in [0.25, 0.3) is 0 Å². The lowest BCUT2D eigenvalue weighted by atomic mass is 10.2. The van der Waals surface area contributed by atoms with Crippen molar-refractivity contribution in [2.75, 3.05) is 14.2 Å². The van der Waals surface area contributed by atoms with E-state index in [1.807, 2.05) is 0 Å². The van der Waals surface area contributed by atoms with Gasteiger partial charge in [0, 0.05) is 19.0 Å². The molecule has 6 heteroatoms. The Kier molecular flexibility index (Phi) is 3.64. The lowest BCUT2D eigenvalue weighted by molar-refractivity contribution is 0.251. The van der Waals surface area contributed by atoms with Crippen LogP contribution in [-0.2, 0) is 13.6 Å². The van der Waals surface area contributed by atoms with Crippen LogP contribution in [0.15, 0.2) is 0 Å². The Hall–Kier alpha value is 0.460. The third-order valence-corrected chi connectivity index (χ3v) is 6.48. The van der Waals surface area contributed by atoms with Gasteiger partial charge < -0.3 is 9.05 Å². The summed E-state index contributed by atoms with van der Waals surface area (Å²) < 4.78 is 22.3. The van der Waals surface area contributed by atoms with Crippen LogP contribution in [0.5, 0.6) is 0 Å². The van der Waals surface area contributed by atoms with E-state index < -0.39 is 7.60 Å². The van der Waals surface area contributed by atoms with Crippen LogP contribution >= 0.6 is 19.4 Å². The molecule has 0 spiro atoms. The Morgan fingerprint density at radius 3 is 1.93 bits per heavy atom. The standard InChI is InChI=1S/C9H20NO3PS/c1-8(2)7(10-9(3,4)15-8)14(11,12-5)13-6/h7,10H,1-6H3/t7-/m0/s1. The van der Waals surface area contributed by atoms with Crippen LogP contribution in [0.3, 0.4) is 0 Å². The minimum Gasteiger partial charge on any atom is -0.311 e. The average molecular weight is 253 g/mol. The third-order valence-electron chi connectivity index (χ3n) is 2.49. The lowest BCUT2D eigenvalue weighted by Gasteiger charge is -2.29. The number of nitrogens with one attached hydrogen (secondary N) is 1. The molecule has 0 aromatic carbocycles. The van der Waals surface area contributed by atoms with Crippen molar-refractivity contribution in [3.63, 3.8) is 0 Å². The molecule has 4 nitrogen and oxygen atoms in total. The predicted molar refractivity (Wildman–Crippen MR) is 64.3 cm³/mol. The van der Waals surface area contributed by atoms with Gasteiger partial charge in [-0.1, -0.05) is 0 Å². The van der Waals surface area contributed by atoms with Crippen molar-refractivity contribution in [1.82, 2.24) is 5.32 Å². The van der Waals surface area contributed by atoms with Gasteiger partial charge in [0.1, 0.15) is 5.78 Å². The van der Waals surface area contributed by atoms with Gasteiger partial charge in [-0.2, -0.15) is 0 Å². The molecule has 1 heterocycles. The van der Waals surface area contributed by atoms with Crippen molar-refractivity contribution in [3.05, 3.63) is 0 Å². The maximum absolute atomic E-state index is 12.3. The van der Waals surface area contributed by atoms with Gasteiger partial charge in [-0.3, -0.25) is 9.88 Å². The molecule has 1 N–H and O–H groups in total. The molecule has 1 aliphatic heterocycles. The summed E-state index contributed by atoms with van der Waals surface area (Å²) in [5.41, 5.74) is 0. The fourth-order valence-electron chi connectivity index (χ4n) is 1.99. The van der Waals surface area contributed by atoms with Crippen molar-refractivity contribution >= 4 is 19.4 Å². The molecule has 0 unspecified atom stereocenters. The lowest BCUT2D eigenvalue weighted by Crippen LogP contribution is -2.41. The molecule has 0 radical (unpaired) electrons. The molecular formula is C9H20NO3PS. The van der Waals surface area contributed by atoms with Crippen LogP contribution in [-0.4, -0.2) is 29.6 Å². The van der Waals surface area contributed by atoms with E-state index in [0.717, 1.165) is 0 Å². The summed E-state index contributed by atoms with van der Waals surface area (Å²) in [5.74, 6) is -0.278. The fourth-order valence-corrected chi connectivity index (χ4v) is 6.10. The highest BCUT2D eigenvalue weighted by Gasteiger charge is 2.54. The summed E-state index contributed by atoms with van der Waals surface area (Å²) in [4.78, 5) is -0.110. The Morgan fingerprint density at radius 2 is 1.67 bits per heavy atom. The second-order valence-corrected chi connectivity index (χ2v) is 9.27. The highest BCUT2D eigenvalue weighted by molar-refractivity contribution is 8.02. The molecule has 1 saturated heterocycles. The zero-order chi connectivity index (χ0) is 11.9. The molecule has 0 saturated carbocycles. The number of thioether (sulfide) groups is 1. The second kappa shape index (κ2) is 4.04. The predicted octanol–water partition coefficient (Wildman–Crippen LogP) is 2.65. The topological polar surface area (TPSA) is 47.6 Å². The Bertz CT molecular complexity index is 285. The van der Waals surface area contributed by atoms with Gasteiger partial charge in [-0.05, 0) is 27.7 Å². The van der Waals surface area contributed by atoms with Gasteiger partial charge in [-0.15, -0.1) is 11.8 Å². The monoisotopic (exact) mass is 253 g/mol. The van der Waals surface area contributed by atoms with E-state index in [0.29, 0.717) is 0 Å². The minimum atomic E-state index is -3.06. The van der Waals surface area contributed by atoms with E-state index in [9.17, 15) is 4.57 Å². The molecule has 1 aliphatic rings. The molecule has 0 aromatic rings. The van der Waals surface area contributed by atoms with Crippen molar-refractivity contribution in [2.24, 2.45) is 0 Å². The van der Waals surface area contributed by atoms with Crippen molar-refractivity contribution in [3.8, 4) is 0 Å². The summed E-state index contributed by atoms with van der Waals surface area (Å²) in [6, 6.07) is 0. The van der Waals surface area contributed by atoms with Gasteiger partial charge in [0.2, 0.25) is 0 Å². The summed E-state index contributed by atoms with van der Waals surface area (Å²) >= 11 is 1.75. The van der Waals surface area contributed by atoms with Gasteiger partial charge >= 0.3 is 7.60 Å². The summed E-state index contributed by atoms with van der Waals surface area (Å²) in [6.07, 6.45) is 0. The van der Waals surface area contributed by atoms with E-state index in [4.69, 9.17) is 9.05 Å². The van der Waals surface area contributed by atoms with Gasteiger partial charge in [0.15, 0.2) is 0 Å². The highest BCUT2D eigenvalue weighted by atomic mass is 32.2. The third kappa shape index (κ3) is 2.59. The van der Waals surface area contributed by atoms with Crippen molar-refractivity contribution in [1.29, 1.82) is 0 Å². The average Bonchev–Trinajstić information content (AvgIpc) is 2.33. The van der Waals surface area contributed by atoms with E-state index >= 15 is 0 Å². The SMILES string of the molecule is COP(=O)(OC)[C@@H]1NC(C)(C)SC1(C)C. The first-order valence-electron chi connectivity index (χ1n) is 4.86. The number of hydrogen-bond donors (Lipinski definition) is 1. The highest BCUT2D eigenvalue weighted by Crippen LogP contribution is 2.61. The quantitative estimate of drug-likeness (QED) is 0.783. The van der Waals surface area contributed by atoms with E-state index in [-0.39, 0.29) is 15.4 Å². The molecule has 1 rings (SSSR count). The van der Waals surface area contributed by atoms with Crippen LogP contribution in [0.2, 0.25) is 0 Å². The smallest absolute Gasteiger partial charge is 0.311 e. The van der Waals surface area contributed by atoms with Gasteiger partial charge in [0.05, 0.1) is 4.87 Å². The molecular weight excluding hydrogens is 233 g/mol. The summed E-state index contributed by atoms with van der Waals surface area (Å²) in [5, 5.41) is 3.31. The number of rotatable bonds is 3. The molecule has 1 fully saturated rings. The zero-order valence-electron chi connectivity index (χ0n) is 10.2. The van der Waals surface area contributed by atoms with Crippen molar-refractivity contribution in [2.45, 2.75) is 43.1 Å². The van der Waals surface area contributed by atoms with Crippen LogP contribution in [0, 0.1) is 0 Å². The van der Waals surface area contributed by atoms with Gasteiger partial charge in [-0.25, -0.2) is 0 Å². The van der Waals surface area contributed by atoms with Crippen LogP contribution in [0.25, 0.3) is 0 Å². The maximum atomic E-state index is 12.3. The molecule has 15 heavy (non-hydrogen) atoms. The molecule has 0 aromatic heterocycles. The molecule has 0 bridgehead atoms. The van der Waals surface area contributed by atoms with Crippen molar-refractivity contribution < 1.29 is 13.6 Å². The minimum absolute atomic E-state index is 0.110. The Morgan fingerprint density at radius 1 is 1.20 bits per heavy atom. The molecule has 1 atom stereocenters. The first kappa shape index (κ1) is 13.5.